The molecule has 2 aromatic rings. The Hall–Kier alpha value is -3.14. The van der Waals surface area contributed by atoms with E-state index in [2.05, 4.69) is 11.9 Å². The van der Waals surface area contributed by atoms with Crippen LogP contribution in [0.3, 0.4) is 0 Å². The monoisotopic (exact) mass is 346 g/mol. The van der Waals surface area contributed by atoms with Gasteiger partial charge in [0, 0.05) is 12.2 Å². The Labute approximate surface area is 153 Å². The summed E-state index contributed by atoms with van der Waals surface area (Å²) in [6.45, 7) is 9.83. The predicted octanol–water partition coefficient (Wildman–Crippen LogP) is 3.99. The molecule has 4 nitrogen and oxygen atoms in total. The first-order valence-electron chi connectivity index (χ1n) is 8.55. The van der Waals surface area contributed by atoms with E-state index in [0.29, 0.717) is 11.3 Å². The minimum atomic E-state index is -0.327. The van der Waals surface area contributed by atoms with Crippen LogP contribution in [0.25, 0.3) is 5.57 Å². The van der Waals surface area contributed by atoms with Crippen molar-refractivity contribution in [3.63, 3.8) is 0 Å². The molecule has 0 saturated carbocycles. The molecule has 26 heavy (non-hydrogen) atoms. The molecule has 4 heteroatoms. The van der Waals surface area contributed by atoms with Crippen LogP contribution in [0.2, 0.25) is 0 Å². The second kappa shape index (κ2) is 7.00. The van der Waals surface area contributed by atoms with Gasteiger partial charge < -0.3 is 5.32 Å². The second-order valence-corrected chi connectivity index (χ2v) is 6.50. The Morgan fingerprint density at radius 2 is 1.69 bits per heavy atom. The Kier molecular flexibility index (Phi) is 4.76. The number of anilines is 1. The fraction of sp³-hybridized carbons (Fsp3) is 0.182. The molecule has 0 fully saturated rings. The van der Waals surface area contributed by atoms with Crippen molar-refractivity contribution in [3.8, 4) is 0 Å². The summed E-state index contributed by atoms with van der Waals surface area (Å²) in [4.78, 5) is 27.0. The van der Waals surface area contributed by atoms with Crippen LogP contribution in [0.15, 0.2) is 60.8 Å². The Morgan fingerprint density at radius 1 is 1.00 bits per heavy atom. The smallest absolute Gasteiger partial charge is 0.278 e. The summed E-state index contributed by atoms with van der Waals surface area (Å²) < 4.78 is 0. The maximum atomic E-state index is 12.9. The summed E-state index contributed by atoms with van der Waals surface area (Å²) in [6, 6.07) is 13.5. The number of imide groups is 1. The van der Waals surface area contributed by atoms with E-state index in [0.717, 1.165) is 27.9 Å². The highest BCUT2D eigenvalue weighted by Crippen LogP contribution is 2.31. The van der Waals surface area contributed by atoms with E-state index in [9.17, 15) is 9.59 Å². The summed E-state index contributed by atoms with van der Waals surface area (Å²) in [5.74, 6) is -0.627. The number of benzene rings is 2. The highest BCUT2D eigenvalue weighted by molar-refractivity contribution is 6.36. The number of rotatable bonds is 5. The highest BCUT2D eigenvalue weighted by Gasteiger charge is 2.38. The molecule has 1 aliphatic rings. The van der Waals surface area contributed by atoms with E-state index < -0.39 is 0 Å². The zero-order valence-corrected chi connectivity index (χ0v) is 15.3. The molecule has 132 valence electrons. The lowest BCUT2D eigenvalue weighted by Crippen LogP contribution is -2.32. The molecule has 0 aromatic heterocycles. The van der Waals surface area contributed by atoms with Crippen LogP contribution in [-0.4, -0.2) is 23.3 Å². The number of nitrogens with one attached hydrogen (secondary N) is 1. The van der Waals surface area contributed by atoms with E-state index in [4.69, 9.17) is 0 Å². The average molecular weight is 346 g/mol. The molecular formula is C22H22N2O2. The molecule has 0 unspecified atom stereocenters. The maximum absolute atomic E-state index is 12.9. The Balaban J connectivity index is 2.12. The van der Waals surface area contributed by atoms with Crippen molar-refractivity contribution < 1.29 is 9.59 Å². The molecule has 0 saturated heterocycles. The van der Waals surface area contributed by atoms with Crippen molar-refractivity contribution >= 4 is 23.1 Å². The maximum Gasteiger partial charge on any atom is 0.278 e. The molecular weight excluding hydrogens is 324 g/mol. The SMILES string of the molecule is C=CCN1C(=O)C(Nc2cccc(C)c2C)=C(c2ccc(C)cc2)C1=O. The van der Waals surface area contributed by atoms with Crippen molar-refractivity contribution in [1.82, 2.24) is 4.90 Å². The van der Waals surface area contributed by atoms with Crippen LogP contribution in [0.5, 0.6) is 0 Å². The van der Waals surface area contributed by atoms with E-state index in [-0.39, 0.29) is 18.4 Å². The number of carbonyl (C=O) groups excluding carboxylic acids is 2. The topological polar surface area (TPSA) is 49.4 Å². The van der Waals surface area contributed by atoms with E-state index >= 15 is 0 Å². The van der Waals surface area contributed by atoms with Crippen LogP contribution in [0, 0.1) is 20.8 Å². The molecule has 3 rings (SSSR count). The number of aryl methyl sites for hydroxylation is 2. The van der Waals surface area contributed by atoms with Gasteiger partial charge in [0.15, 0.2) is 0 Å². The number of carbonyl (C=O) groups is 2. The molecule has 2 amide bonds. The fourth-order valence-electron chi connectivity index (χ4n) is 3.00. The number of hydrogen-bond acceptors (Lipinski definition) is 3. The quantitative estimate of drug-likeness (QED) is 0.658. The van der Waals surface area contributed by atoms with Crippen LogP contribution in [0.4, 0.5) is 5.69 Å². The third-order valence-electron chi connectivity index (χ3n) is 4.68. The van der Waals surface area contributed by atoms with Crippen LogP contribution >= 0.6 is 0 Å². The largest absolute Gasteiger partial charge is 0.350 e. The molecule has 0 bridgehead atoms. The van der Waals surface area contributed by atoms with E-state index in [1.807, 2.05) is 63.2 Å². The van der Waals surface area contributed by atoms with Gasteiger partial charge in [-0.25, -0.2) is 0 Å². The normalized spacial score (nSPS) is 14.2. The third-order valence-corrected chi connectivity index (χ3v) is 4.68. The second-order valence-electron chi connectivity index (χ2n) is 6.50. The van der Waals surface area contributed by atoms with Crippen molar-refractivity contribution in [3.05, 3.63) is 83.1 Å². The van der Waals surface area contributed by atoms with Gasteiger partial charge in [0.2, 0.25) is 0 Å². The van der Waals surface area contributed by atoms with Crippen LogP contribution < -0.4 is 5.32 Å². The minimum absolute atomic E-state index is 0.186. The molecule has 0 radical (unpaired) electrons. The van der Waals surface area contributed by atoms with Gasteiger partial charge in [-0.05, 0) is 43.5 Å². The van der Waals surface area contributed by atoms with Crippen molar-refractivity contribution in [1.29, 1.82) is 0 Å². The molecule has 2 aromatic carbocycles. The number of nitrogens with zero attached hydrogens (tertiary/aromatic N) is 1. The third kappa shape index (κ3) is 3.06. The Morgan fingerprint density at radius 3 is 2.35 bits per heavy atom. The zero-order valence-electron chi connectivity index (χ0n) is 15.3. The molecule has 0 atom stereocenters. The summed E-state index contributed by atoms with van der Waals surface area (Å²) in [5, 5.41) is 3.22. The molecule has 1 N–H and O–H groups in total. The lowest BCUT2D eigenvalue weighted by molar-refractivity contribution is -0.136. The van der Waals surface area contributed by atoms with Gasteiger partial charge in [0.1, 0.15) is 5.70 Å². The molecule has 0 spiro atoms. The fourth-order valence-corrected chi connectivity index (χ4v) is 3.00. The molecule has 1 aliphatic heterocycles. The summed E-state index contributed by atoms with van der Waals surface area (Å²) in [6.07, 6.45) is 1.56. The van der Waals surface area contributed by atoms with Gasteiger partial charge in [-0.1, -0.05) is 48.0 Å². The van der Waals surface area contributed by atoms with Crippen molar-refractivity contribution in [2.75, 3.05) is 11.9 Å². The highest BCUT2D eigenvalue weighted by atomic mass is 16.2. The zero-order chi connectivity index (χ0) is 18.8. The minimum Gasteiger partial charge on any atom is -0.350 e. The van der Waals surface area contributed by atoms with Gasteiger partial charge in [0.25, 0.3) is 11.8 Å². The number of amides is 2. The van der Waals surface area contributed by atoms with Crippen LogP contribution in [0.1, 0.15) is 22.3 Å². The standard InChI is InChI=1S/C22H22N2O2/c1-5-13-24-21(25)19(17-11-9-14(2)10-12-17)20(22(24)26)23-18-8-6-7-15(3)16(18)4/h5-12,23H,1,13H2,2-4H3. The number of hydrogen-bond donors (Lipinski definition) is 1. The van der Waals surface area contributed by atoms with E-state index in [1.165, 1.54) is 4.90 Å². The lowest BCUT2D eigenvalue weighted by Gasteiger charge is -2.14. The predicted molar refractivity (Wildman–Crippen MR) is 105 cm³/mol. The van der Waals surface area contributed by atoms with Gasteiger partial charge in [-0.2, -0.15) is 0 Å². The summed E-state index contributed by atoms with van der Waals surface area (Å²) in [7, 11) is 0. The summed E-state index contributed by atoms with van der Waals surface area (Å²) >= 11 is 0. The van der Waals surface area contributed by atoms with Crippen molar-refractivity contribution in [2.45, 2.75) is 20.8 Å². The van der Waals surface area contributed by atoms with Gasteiger partial charge in [-0.3, -0.25) is 14.5 Å². The summed E-state index contributed by atoms with van der Waals surface area (Å²) in [5.41, 5.74) is 5.53. The van der Waals surface area contributed by atoms with E-state index in [1.54, 1.807) is 6.08 Å². The molecule has 0 aliphatic carbocycles. The average Bonchev–Trinajstić information content (AvgIpc) is 2.85. The molecule has 1 heterocycles. The Bertz CT molecular complexity index is 924. The first-order chi connectivity index (χ1) is 12.4. The van der Waals surface area contributed by atoms with Gasteiger partial charge in [0.05, 0.1) is 5.57 Å². The lowest BCUT2D eigenvalue weighted by atomic mass is 10.0. The van der Waals surface area contributed by atoms with Crippen LogP contribution in [-0.2, 0) is 9.59 Å². The first kappa shape index (κ1) is 17.7. The van der Waals surface area contributed by atoms with Crippen molar-refractivity contribution in [2.24, 2.45) is 0 Å². The van der Waals surface area contributed by atoms with Gasteiger partial charge >= 0.3 is 0 Å². The van der Waals surface area contributed by atoms with Gasteiger partial charge in [-0.15, -0.1) is 6.58 Å². The first-order valence-corrected chi connectivity index (χ1v) is 8.55.